The third-order valence-corrected chi connectivity index (χ3v) is 7.95. The van der Waals surface area contributed by atoms with Gasteiger partial charge in [0.15, 0.2) is 0 Å². The number of hydrogen-bond acceptors (Lipinski definition) is 8. The second-order valence-electron chi connectivity index (χ2n) is 11.8. The third-order valence-electron chi connectivity index (χ3n) is 7.95. The number of carbonyl (C=O) groups is 5. The summed E-state index contributed by atoms with van der Waals surface area (Å²) in [7, 11) is 0. The number of hydrogen-bond donors (Lipinski definition) is 8. The minimum Gasteiger partial charge on any atom is -0.508 e. The van der Waals surface area contributed by atoms with E-state index in [1.807, 2.05) is 6.07 Å². The molecule has 0 bridgehead atoms. The Morgan fingerprint density at radius 1 is 0.729 bits per heavy atom. The van der Waals surface area contributed by atoms with Gasteiger partial charge >= 0.3 is 0 Å². The van der Waals surface area contributed by atoms with Crippen molar-refractivity contribution in [3.8, 4) is 11.5 Å². The van der Waals surface area contributed by atoms with Gasteiger partial charge in [-0.1, -0.05) is 54.6 Å². The molecule has 3 aromatic rings. The van der Waals surface area contributed by atoms with Crippen LogP contribution in [-0.2, 0) is 43.2 Å². The molecule has 3 aromatic carbocycles. The van der Waals surface area contributed by atoms with Gasteiger partial charge in [-0.3, -0.25) is 24.0 Å². The van der Waals surface area contributed by atoms with Gasteiger partial charge in [0, 0.05) is 19.4 Å². The molecule has 9 N–H and O–H groups in total. The molecule has 0 aromatic heterocycles. The summed E-state index contributed by atoms with van der Waals surface area (Å²) < 4.78 is 0. The average Bonchev–Trinajstić information content (AvgIpc) is 3.07. The van der Waals surface area contributed by atoms with Crippen molar-refractivity contribution in [2.45, 2.75) is 62.7 Å². The normalized spacial score (nSPS) is 20.4. The molecule has 4 atom stereocenters. The molecule has 3 unspecified atom stereocenters. The van der Waals surface area contributed by atoms with Crippen molar-refractivity contribution in [1.29, 1.82) is 0 Å². The summed E-state index contributed by atoms with van der Waals surface area (Å²) in [5.41, 5.74) is 8.30. The van der Waals surface area contributed by atoms with Crippen LogP contribution < -0.4 is 32.3 Å². The van der Waals surface area contributed by atoms with Crippen molar-refractivity contribution in [1.82, 2.24) is 26.6 Å². The van der Waals surface area contributed by atoms with Crippen molar-refractivity contribution in [2.75, 3.05) is 13.1 Å². The van der Waals surface area contributed by atoms with Gasteiger partial charge in [-0.05, 0) is 66.6 Å². The lowest BCUT2D eigenvalue weighted by atomic mass is 10.0. The fourth-order valence-electron chi connectivity index (χ4n) is 5.26. The number of phenolic OH excluding ortho intramolecular Hbond substituents is 2. The van der Waals surface area contributed by atoms with Crippen LogP contribution in [0.4, 0.5) is 0 Å². The number of phenols is 2. The van der Waals surface area contributed by atoms with Crippen LogP contribution in [0.3, 0.4) is 0 Å². The smallest absolute Gasteiger partial charge is 0.243 e. The quantitative estimate of drug-likeness (QED) is 0.169. The Bertz CT molecular complexity index is 1550. The summed E-state index contributed by atoms with van der Waals surface area (Å²) in [5, 5.41) is 32.8. The van der Waals surface area contributed by atoms with Crippen LogP contribution in [0.5, 0.6) is 11.5 Å². The van der Waals surface area contributed by atoms with Crippen LogP contribution in [0, 0.1) is 0 Å². The lowest BCUT2D eigenvalue weighted by Gasteiger charge is -2.26. The number of carbonyl (C=O) groups excluding carboxylic acids is 5. The van der Waals surface area contributed by atoms with Crippen LogP contribution in [0.1, 0.15) is 36.0 Å². The van der Waals surface area contributed by atoms with Crippen LogP contribution in [0.25, 0.3) is 0 Å². The third kappa shape index (κ3) is 11.1. The SMILES string of the molecule is N[C@@H](Cc1ccc(O)cc1)C(=O)NC1CCCCNC(=O)CNC(=O)C(Cc2ccc(O)cc2)NC(=O)C(Cc2ccccc2)NC1=O. The summed E-state index contributed by atoms with van der Waals surface area (Å²) in [4.78, 5) is 66.5. The molecule has 1 heterocycles. The van der Waals surface area contributed by atoms with Gasteiger partial charge in [0.25, 0.3) is 0 Å². The fourth-order valence-corrected chi connectivity index (χ4v) is 5.26. The Labute approximate surface area is 278 Å². The van der Waals surface area contributed by atoms with Crippen LogP contribution >= 0.6 is 0 Å². The van der Waals surface area contributed by atoms with Gasteiger partial charge in [-0.25, -0.2) is 0 Å². The minimum absolute atomic E-state index is 0.0375. The zero-order valence-electron chi connectivity index (χ0n) is 26.5. The minimum atomic E-state index is -1.13. The maximum atomic E-state index is 13.8. The molecule has 1 aliphatic heterocycles. The van der Waals surface area contributed by atoms with Gasteiger partial charge in [-0.2, -0.15) is 0 Å². The van der Waals surface area contributed by atoms with E-state index in [-0.39, 0.29) is 50.3 Å². The molecule has 1 saturated heterocycles. The van der Waals surface area contributed by atoms with Crippen molar-refractivity contribution in [2.24, 2.45) is 5.73 Å². The first-order chi connectivity index (χ1) is 23.1. The highest BCUT2D eigenvalue weighted by Crippen LogP contribution is 2.14. The lowest BCUT2D eigenvalue weighted by molar-refractivity contribution is -0.134. The number of benzene rings is 3. The topological polar surface area (TPSA) is 212 Å². The Balaban J connectivity index is 1.57. The van der Waals surface area contributed by atoms with Crippen molar-refractivity contribution in [3.63, 3.8) is 0 Å². The second-order valence-corrected chi connectivity index (χ2v) is 11.8. The predicted molar refractivity (Wildman–Crippen MR) is 177 cm³/mol. The van der Waals surface area contributed by atoms with Crippen LogP contribution in [0.2, 0.25) is 0 Å². The Hall–Kier alpha value is -5.43. The molecule has 1 aliphatic rings. The molecular formula is C35H42N6O7. The maximum absolute atomic E-state index is 13.8. The van der Waals surface area contributed by atoms with Gasteiger partial charge in [0.1, 0.15) is 29.6 Å². The standard InChI is InChI=1S/C35H42N6O7/c36-27(18-23-9-13-25(42)14-10-23)32(45)39-28-8-4-5-17-37-31(44)21-38-33(46)29(20-24-11-15-26(43)16-12-24)40-35(48)30(41-34(28)47)19-22-6-2-1-3-7-22/h1-3,6-7,9-16,27-30,42-43H,4-5,8,17-21,36H2,(H,37,44)(H,38,46)(H,39,45)(H,40,48)(H,41,47)/t27-,28?,29?,30?/m0/s1. The summed E-state index contributed by atoms with van der Waals surface area (Å²) in [6.45, 7) is -0.0236. The zero-order valence-corrected chi connectivity index (χ0v) is 26.5. The largest absolute Gasteiger partial charge is 0.508 e. The summed E-state index contributed by atoms with van der Waals surface area (Å²) in [5.74, 6) is -2.72. The maximum Gasteiger partial charge on any atom is 0.243 e. The van der Waals surface area contributed by atoms with Crippen LogP contribution in [0.15, 0.2) is 78.9 Å². The molecule has 5 amide bonds. The lowest BCUT2D eigenvalue weighted by Crippen LogP contribution is -2.59. The van der Waals surface area contributed by atoms with Crippen molar-refractivity contribution in [3.05, 3.63) is 95.6 Å². The summed E-state index contributed by atoms with van der Waals surface area (Å²) in [6.07, 6.45) is 1.44. The Morgan fingerprint density at radius 2 is 1.29 bits per heavy atom. The molecular weight excluding hydrogens is 616 g/mol. The molecule has 4 rings (SSSR count). The van der Waals surface area contributed by atoms with E-state index in [2.05, 4.69) is 26.6 Å². The molecule has 48 heavy (non-hydrogen) atoms. The number of nitrogens with two attached hydrogens (primary N) is 1. The van der Waals surface area contributed by atoms with Gasteiger partial charge in [0.05, 0.1) is 12.6 Å². The monoisotopic (exact) mass is 658 g/mol. The van der Waals surface area contributed by atoms with E-state index in [1.54, 1.807) is 48.5 Å². The van der Waals surface area contributed by atoms with Gasteiger partial charge < -0.3 is 42.5 Å². The Morgan fingerprint density at radius 3 is 1.94 bits per heavy atom. The molecule has 13 heteroatoms. The zero-order chi connectivity index (χ0) is 34.5. The van der Waals surface area contributed by atoms with Gasteiger partial charge in [-0.15, -0.1) is 0 Å². The van der Waals surface area contributed by atoms with E-state index in [9.17, 15) is 34.2 Å². The first-order valence-electron chi connectivity index (χ1n) is 15.9. The van der Waals surface area contributed by atoms with E-state index >= 15 is 0 Å². The number of nitrogens with one attached hydrogen (secondary N) is 5. The van der Waals surface area contributed by atoms with E-state index in [0.29, 0.717) is 18.4 Å². The Kier molecular flexibility index (Phi) is 12.9. The molecule has 254 valence electrons. The van der Waals surface area contributed by atoms with Crippen LogP contribution in [-0.4, -0.2) is 77.0 Å². The first kappa shape index (κ1) is 35.4. The summed E-state index contributed by atoms with van der Waals surface area (Å²) >= 11 is 0. The predicted octanol–water partition coefficient (Wildman–Crippen LogP) is 0.324. The molecule has 0 saturated carbocycles. The highest BCUT2D eigenvalue weighted by Gasteiger charge is 2.31. The number of rotatable bonds is 8. The molecule has 13 nitrogen and oxygen atoms in total. The highest BCUT2D eigenvalue weighted by atomic mass is 16.3. The van der Waals surface area contributed by atoms with E-state index in [4.69, 9.17) is 5.73 Å². The number of aromatic hydroxyl groups is 2. The fraction of sp³-hybridized carbons (Fsp3) is 0.343. The second kappa shape index (κ2) is 17.5. The van der Waals surface area contributed by atoms with Gasteiger partial charge in [0.2, 0.25) is 29.5 Å². The molecule has 1 fully saturated rings. The van der Waals surface area contributed by atoms with E-state index in [0.717, 1.165) is 11.1 Å². The number of amides is 5. The summed E-state index contributed by atoms with van der Waals surface area (Å²) in [6, 6.07) is 17.2. The highest BCUT2D eigenvalue weighted by molar-refractivity contribution is 5.95. The molecule has 0 radical (unpaired) electrons. The van der Waals surface area contributed by atoms with Crippen molar-refractivity contribution >= 4 is 29.5 Å². The molecule has 0 spiro atoms. The average molecular weight is 659 g/mol. The molecule has 0 aliphatic carbocycles. The van der Waals surface area contributed by atoms with E-state index < -0.39 is 53.7 Å². The van der Waals surface area contributed by atoms with E-state index in [1.165, 1.54) is 24.3 Å². The first-order valence-corrected chi connectivity index (χ1v) is 15.9. The van der Waals surface area contributed by atoms with Crippen molar-refractivity contribution < 1.29 is 34.2 Å².